The molecule has 6 rings (SSSR count). The number of amides is 1. The van der Waals surface area contributed by atoms with Crippen LogP contribution in [0.3, 0.4) is 0 Å². The molecule has 1 atom stereocenters. The highest BCUT2D eigenvalue weighted by atomic mass is 16.6. The normalized spacial score (nSPS) is 13.2. The summed E-state index contributed by atoms with van der Waals surface area (Å²) in [4.78, 5) is 60.6. The van der Waals surface area contributed by atoms with Crippen LogP contribution in [0.5, 0.6) is 0 Å². The maximum Gasteiger partial charge on any atom is 0.419 e. The van der Waals surface area contributed by atoms with Crippen molar-refractivity contribution >= 4 is 35.0 Å². The average molecular weight is 705 g/mol. The first kappa shape index (κ1) is 35.8. The van der Waals surface area contributed by atoms with Gasteiger partial charge in [0, 0.05) is 41.9 Å². The van der Waals surface area contributed by atoms with Crippen molar-refractivity contribution in [2.75, 3.05) is 6.61 Å². The van der Waals surface area contributed by atoms with E-state index in [1.165, 1.54) is 23.2 Å². The molecular weight excluding hydrogens is 664 g/mol. The highest BCUT2D eigenvalue weighted by Gasteiger charge is 2.31. The van der Waals surface area contributed by atoms with E-state index >= 15 is 0 Å². The molecule has 2 N–H and O–H groups in total. The molecule has 0 radical (unpaired) electrons. The molecule has 2 aromatic heterocycles. The molecule has 1 amide bonds. The Bertz CT molecular complexity index is 2130. The summed E-state index contributed by atoms with van der Waals surface area (Å²) in [5.41, 5.74) is 4.03. The number of fused-ring (bicyclic) bond motifs is 4. The van der Waals surface area contributed by atoms with Crippen LogP contribution in [0.1, 0.15) is 74.5 Å². The Labute approximate surface area is 300 Å². The number of aromatic nitrogens is 3. The highest BCUT2D eigenvalue weighted by molar-refractivity contribution is 6.01. The van der Waals surface area contributed by atoms with E-state index < -0.39 is 41.4 Å². The minimum Gasteiger partial charge on any atom is -0.480 e. The molecule has 12 nitrogen and oxygen atoms in total. The number of carboxylic acids is 1. The van der Waals surface area contributed by atoms with Crippen LogP contribution in [0.25, 0.3) is 33.4 Å². The maximum absolute atomic E-state index is 13.6. The van der Waals surface area contributed by atoms with Crippen LogP contribution in [0, 0.1) is 0 Å². The minimum absolute atomic E-state index is 0.0141. The van der Waals surface area contributed by atoms with Crippen molar-refractivity contribution in [1.29, 1.82) is 0 Å². The predicted octanol–water partition coefficient (Wildman–Crippen LogP) is 7.37. The molecule has 0 bridgehead atoms. The van der Waals surface area contributed by atoms with E-state index in [9.17, 15) is 24.3 Å². The predicted molar refractivity (Wildman–Crippen MR) is 193 cm³/mol. The summed E-state index contributed by atoms with van der Waals surface area (Å²) in [6.07, 6.45) is 2.40. The monoisotopic (exact) mass is 704 g/mol. The number of esters is 1. The van der Waals surface area contributed by atoms with Gasteiger partial charge in [0.05, 0.1) is 11.1 Å². The molecule has 0 unspecified atom stereocenters. The number of para-hydroxylation sites is 1. The molecule has 1 aliphatic carbocycles. The molecule has 1 aliphatic rings. The van der Waals surface area contributed by atoms with Gasteiger partial charge in [-0.2, -0.15) is 0 Å². The number of nitrogens with one attached hydrogen (secondary N) is 1. The number of hydrogen-bond donors (Lipinski definition) is 2. The van der Waals surface area contributed by atoms with Gasteiger partial charge in [-0.05, 0) is 75.4 Å². The summed E-state index contributed by atoms with van der Waals surface area (Å²) in [6.45, 7) is 10.5. The van der Waals surface area contributed by atoms with Crippen molar-refractivity contribution in [2.24, 2.45) is 0 Å². The lowest BCUT2D eigenvalue weighted by Crippen LogP contribution is -2.42. The molecule has 2 heterocycles. The first-order valence-electron chi connectivity index (χ1n) is 16.9. The van der Waals surface area contributed by atoms with E-state index in [0.717, 1.165) is 22.3 Å². The molecule has 12 heteroatoms. The molecule has 0 spiro atoms. The fraction of sp³-hybridized carbons (Fsp3) is 0.300. The summed E-state index contributed by atoms with van der Waals surface area (Å²) < 4.78 is 18.0. The second kappa shape index (κ2) is 13.9. The zero-order chi connectivity index (χ0) is 37.4. The van der Waals surface area contributed by atoms with Crippen molar-refractivity contribution in [1.82, 2.24) is 19.9 Å². The number of aliphatic carboxylic acids is 1. The highest BCUT2D eigenvalue weighted by Crippen LogP contribution is 2.44. The Morgan fingerprint density at radius 1 is 0.808 bits per heavy atom. The maximum atomic E-state index is 13.6. The van der Waals surface area contributed by atoms with Crippen LogP contribution >= 0.6 is 0 Å². The number of benzene rings is 3. The summed E-state index contributed by atoms with van der Waals surface area (Å²) in [5, 5.41) is 13.2. The molecule has 0 saturated carbocycles. The molecule has 0 aliphatic heterocycles. The fourth-order valence-corrected chi connectivity index (χ4v) is 6.26. The number of rotatable bonds is 8. The van der Waals surface area contributed by atoms with E-state index in [4.69, 9.17) is 14.2 Å². The summed E-state index contributed by atoms with van der Waals surface area (Å²) in [7, 11) is 0. The van der Waals surface area contributed by atoms with Gasteiger partial charge in [-0.25, -0.2) is 29.1 Å². The van der Waals surface area contributed by atoms with E-state index in [0.29, 0.717) is 22.0 Å². The van der Waals surface area contributed by atoms with Gasteiger partial charge in [0.2, 0.25) is 0 Å². The smallest absolute Gasteiger partial charge is 0.419 e. The number of alkyl carbamates (subject to hydrolysis) is 1. The molecular formula is C40H40N4O8. The van der Waals surface area contributed by atoms with E-state index in [2.05, 4.69) is 15.3 Å². The third kappa shape index (κ3) is 7.65. The average Bonchev–Trinajstić information content (AvgIpc) is 3.61. The Balaban J connectivity index is 1.27. The number of carbonyl (C=O) groups excluding carboxylic acids is 3. The van der Waals surface area contributed by atoms with Crippen LogP contribution in [0.15, 0.2) is 85.3 Å². The molecule has 0 saturated heterocycles. The van der Waals surface area contributed by atoms with Crippen LogP contribution in [0.4, 0.5) is 9.59 Å². The van der Waals surface area contributed by atoms with E-state index in [1.54, 1.807) is 59.7 Å². The van der Waals surface area contributed by atoms with E-state index in [1.807, 2.05) is 48.5 Å². The van der Waals surface area contributed by atoms with Crippen LogP contribution in [-0.4, -0.2) is 67.6 Å². The SMILES string of the molecule is CC(C)(C)OC(=O)c1cnc(-c2cccc3c(C[C@H](NC(=O)OCC4c5ccccc5-c5ccccc54)C(=O)O)cn(C(=O)OC(C)(C)C)c23)nc1. The molecule has 52 heavy (non-hydrogen) atoms. The lowest BCUT2D eigenvalue weighted by Gasteiger charge is -2.20. The largest absolute Gasteiger partial charge is 0.480 e. The Hall–Kier alpha value is -6.04. The van der Waals surface area contributed by atoms with Crippen molar-refractivity contribution in [3.8, 4) is 22.5 Å². The van der Waals surface area contributed by atoms with Crippen molar-refractivity contribution in [2.45, 2.75) is 71.1 Å². The van der Waals surface area contributed by atoms with Gasteiger partial charge >= 0.3 is 24.1 Å². The van der Waals surface area contributed by atoms with Crippen molar-refractivity contribution < 1.29 is 38.5 Å². The minimum atomic E-state index is -1.40. The van der Waals surface area contributed by atoms with Gasteiger partial charge in [0.15, 0.2) is 5.82 Å². The fourth-order valence-electron chi connectivity index (χ4n) is 6.26. The van der Waals surface area contributed by atoms with Gasteiger partial charge in [-0.15, -0.1) is 0 Å². The van der Waals surface area contributed by atoms with Gasteiger partial charge < -0.3 is 24.6 Å². The second-order valence-corrected chi connectivity index (χ2v) is 14.6. The first-order chi connectivity index (χ1) is 24.6. The zero-order valence-corrected chi connectivity index (χ0v) is 29.8. The molecule has 3 aromatic carbocycles. The molecule has 0 fully saturated rings. The Morgan fingerprint density at radius 3 is 1.96 bits per heavy atom. The van der Waals surface area contributed by atoms with Crippen LogP contribution < -0.4 is 5.32 Å². The van der Waals surface area contributed by atoms with Gasteiger partial charge in [0.1, 0.15) is 23.9 Å². The first-order valence-corrected chi connectivity index (χ1v) is 16.9. The summed E-state index contributed by atoms with van der Waals surface area (Å²) in [6, 6.07) is 19.6. The van der Waals surface area contributed by atoms with Gasteiger partial charge in [-0.3, -0.25) is 4.57 Å². The molecule has 268 valence electrons. The lowest BCUT2D eigenvalue weighted by atomic mass is 9.98. The number of hydrogen-bond acceptors (Lipinski definition) is 9. The number of carboxylic acid groups (broad SMARTS) is 1. The third-order valence-corrected chi connectivity index (χ3v) is 8.38. The summed E-state index contributed by atoms with van der Waals surface area (Å²) >= 11 is 0. The standard InChI is InChI=1S/C40H40N4O8/c1-39(2,3)51-36(47)24-19-41-34(42-20-24)30-17-11-16-25-23(21-44(33(25)30)38(49)52-40(4,5)6)18-32(35(45)46)43-37(48)50-22-31-28-14-9-7-12-26(28)27-13-8-10-15-29(27)31/h7-17,19-21,31-32H,18,22H2,1-6H3,(H,43,48)(H,45,46)/t32-/m0/s1. The lowest BCUT2D eigenvalue weighted by molar-refractivity contribution is -0.139. The van der Waals surface area contributed by atoms with E-state index in [-0.39, 0.29) is 30.3 Å². The third-order valence-electron chi connectivity index (χ3n) is 8.38. The number of carbonyl (C=O) groups is 4. The summed E-state index contributed by atoms with van der Waals surface area (Å²) in [5.74, 6) is -1.87. The van der Waals surface area contributed by atoms with Crippen molar-refractivity contribution in [3.63, 3.8) is 0 Å². The Morgan fingerprint density at radius 2 is 1.38 bits per heavy atom. The molecule has 5 aromatic rings. The number of ether oxygens (including phenoxy) is 3. The second-order valence-electron chi connectivity index (χ2n) is 14.6. The van der Waals surface area contributed by atoms with Crippen LogP contribution in [0.2, 0.25) is 0 Å². The van der Waals surface area contributed by atoms with Crippen molar-refractivity contribution in [3.05, 3.63) is 108 Å². The van der Waals surface area contributed by atoms with Crippen LogP contribution in [-0.2, 0) is 25.4 Å². The number of nitrogens with zero attached hydrogens (tertiary/aromatic N) is 3. The van der Waals surface area contributed by atoms with Gasteiger partial charge in [-0.1, -0.05) is 60.7 Å². The van der Waals surface area contributed by atoms with Gasteiger partial charge in [0.25, 0.3) is 0 Å². The topological polar surface area (TPSA) is 159 Å². The zero-order valence-electron chi connectivity index (χ0n) is 29.8. The quantitative estimate of drug-likeness (QED) is 0.123. The Kier molecular flexibility index (Phi) is 9.59.